The van der Waals surface area contributed by atoms with Crippen molar-refractivity contribution in [2.75, 3.05) is 11.6 Å². The summed E-state index contributed by atoms with van der Waals surface area (Å²) >= 11 is 0. The molecule has 1 aliphatic rings. The van der Waals surface area contributed by atoms with Crippen LogP contribution in [0.5, 0.6) is 5.75 Å². The largest absolute Gasteiger partial charge is 0.490 e. The maximum absolute atomic E-state index is 6.30. The van der Waals surface area contributed by atoms with Crippen LogP contribution in [0.15, 0.2) is 23.2 Å². The highest BCUT2D eigenvalue weighted by molar-refractivity contribution is 5.94. The summed E-state index contributed by atoms with van der Waals surface area (Å²) in [5.74, 6) is 1.83. The molecule has 4 heteroatoms. The van der Waals surface area contributed by atoms with E-state index in [1.54, 1.807) is 0 Å². The quantitative estimate of drug-likeness (QED) is 0.723. The molecule has 2 aromatic rings. The SMILES string of the molecule is CCC(CC)Oc1cc(C)nc2c1C=NCN2c1c(C)cc(C)cc1C. The standard InChI is InChI=1S/C22H29N3O/c1-7-18(8-2)26-20-11-17(6)24-22-19(20)12-23-13-25(22)21-15(4)9-14(3)10-16(21)5/h9-12,18H,7-8,13H2,1-6H3. The van der Waals surface area contributed by atoms with Gasteiger partial charge in [-0.3, -0.25) is 4.99 Å². The van der Waals surface area contributed by atoms with E-state index < -0.39 is 0 Å². The predicted octanol–water partition coefficient (Wildman–Crippen LogP) is 5.41. The third-order valence-corrected chi connectivity index (χ3v) is 4.94. The Bertz CT molecular complexity index is 815. The van der Waals surface area contributed by atoms with Crippen LogP contribution in [0.3, 0.4) is 0 Å². The van der Waals surface area contributed by atoms with Gasteiger partial charge in [0.1, 0.15) is 18.2 Å². The van der Waals surface area contributed by atoms with Crippen LogP contribution < -0.4 is 9.64 Å². The zero-order chi connectivity index (χ0) is 18.8. The molecule has 138 valence electrons. The first-order valence-electron chi connectivity index (χ1n) is 9.48. The van der Waals surface area contributed by atoms with Crippen molar-refractivity contribution in [3.63, 3.8) is 0 Å². The number of aliphatic imine (C=N–C) groups is 1. The molecule has 1 aromatic carbocycles. The lowest BCUT2D eigenvalue weighted by atomic mass is 10.0. The van der Waals surface area contributed by atoms with Gasteiger partial charge in [-0.15, -0.1) is 0 Å². The average Bonchev–Trinajstić information content (AvgIpc) is 2.59. The number of ether oxygens (including phenoxy) is 1. The van der Waals surface area contributed by atoms with E-state index in [1.165, 1.54) is 22.4 Å². The lowest BCUT2D eigenvalue weighted by Gasteiger charge is -2.31. The minimum absolute atomic E-state index is 0.215. The molecule has 0 saturated carbocycles. The van der Waals surface area contributed by atoms with E-state index >= 15 is 0 Å². The maximum atomic E-state index is 6.30. The molecule has 4 nitrogen and oxygen atoms in total. The fourth-order valence-corrected chi connectivity index (χ4v) is 3.75. The van der Waals surface area contributed by atoms with Crippen molar-refractivity contribution >= 4 is 17.7 Å². The average molecular weight is 351 g/mol. The molecule has 2 heterocycles. The molecule has 26 heavy (non-hydrogen) atoms. The number of rotatable bonds is 5. The molecule has 0 N–H and O–H groups in total. The molecule has 3 rings (SSSR count). The molecule has 1 aliphatic heterocycles. The summed E-state index contributed by atoms with van der Waals surface area (Å²) in [5.41, 5.74) is 6.91. The number of benzene rings is 1. The molecule has 0 atom stereocenters. The van der Waals surface area contributed by atoms with Crippen LogP contribution in [0, 0.1) is 27.7 Å². The fourth-order valence-electron chi connectivity index (χ4n) is 3.75. The van der Waals surface area contributed by atoms with Crippen molar-refractivity contribution in [3.05, 3.63) is 46.1 Å². The van der Waals surface area contributed by atoms with E-state index in [4.69, 9.17) is 9.72 Å². The summed E-state index contributed by atoms with van der Waals surface area (Å²) in [4.78, 5) is 11.7. The maximum Gasteiger partial charge on any atom is 0.147 e. The molecular formula is C22H29N3O. The van der Waals surface area contributed by atoms with Crippen LogP contribution in [0.25, 0.3) is 0 Å². The van der Waals surface area contributed by atoms with Gasteiger partial charge in [0.25, 0.3) is 0 Å². The third kappa shape index (κ3) is 3.46. The zero-order valence-corrected chi connectivity index (χ0v) is 16.8. The Labute approximate surface area is 156 Å². The van der Waals surface area contributed by atoms with Gasteiger partial charge in [-0.1, -0.05) is 31.5 Å². The Morgan fingerprint density at radius 1 is 1.04 bits per heavy atom. The van der Waals surface area contributed by atoms with Gasteiger partial charge >= 0.3 is 0 Å². The summed E-state index contributed by atoms with van der Waals surface area (Å²) in [6.45, 7) is 13.4. The van der Waals surface area contributed by atoms with Gasteiger partial charge in [-0.05, 0) is 51.7 Å². The molecule has 1 aromatic heterocycles. The Morgan fingerprint density at radius 3 is 2.31 bits per heavy atom. The van der Waals surface area contributed by atoms with Crippen molar-refractivity contribution in [2.45, 2.75) is 60.5 Å². The first kappa shape index (κ1) is 18.4. The Hall–Kier alpha value is -2.36. The Balaban J connectivity index is 2.11. The number of pyridine rings is 1. The summed E-state index contributed by atoms with van der Waals surface area (Å²) in [6, 6.07) is 6.47. The van der Waals surface area contributed by atoms with Crippen LogP contribution in [-0.4, -0.2) is 24.0 Å². The number of hydrogen-bond acceptors (Lipinski definition) is 4. The minimum atomic E-state index is 0.215. The second-order valence-corrected chi connectivity index (χ2v) is 7.18. The third-order valence-electron chi connectivity index (χ3n) is 4.94. The smallest absolute Gasteiger partial charge is 0.147 e. The van der Waals surface area contributed by atoms with Crippen LogP contribution in [0.2, 0.25) is 0 Å². The van der Waals surface area contributed by atoms with Gasteiger partial charge in [0.05, 0.1) is 17.4 Å². The van der Waals surface area contributed by atoms with Crippen molar-refractivity contribution in [1.82, 2.24) is 4.98 Å². The van der Waals surface area contributed by atoms with Gasteiger partial charge in [-0.25, -0.2) is 4.98 Å². The second-order valence-electron chi connectivity index (χ2n) is 7.18. The number of aryl methyl sites for hydroxylation is 4. The molecule has 0 fully saturated rings. The first-order valence-corrected chi connectivity index (χ1v) is 9.48. The lowest BCUT2D eigenvalue weighted by Crippen LogP contribution is -2.26. The second kappa shape index (κ2) is 7.48. The van der Waals surface area contributed by atoms with Crippen molar-refractivity contribution in [3.8, 4) is 5.75 Å². The van der Waals surface area contributed by atoms with E-state index in [1.807, 2.05) is 19.2 Å². The molecular weight excluding hydrogens is 322 g/mol. The van der Waals surface area contributed by atoms with Gasteiger partial charge in [-0.2, -0.15) is 0 Å². The highest BCUT2D eigenvalue weighted by atomic mass is 16.5. The van der Waals surface area contributed by atoms with E-state index in [0.717, 1.165) is 35.7 Å². The van der Waals surface area contributed by atoms with E-state index in [2.05, 4.69) is 56.6 Å². The summed E-state index contributed by atoms with van der Waals surface area (Å²) < 4.78 is 6.30. The molecule has 0 bridgehead atoms. The summed E-state index contributed by atoms with van der Waals surface area (Å²) in [7, 11) is 0. The van der Waals surface area contributed by atoms with Gasteiger partial charge in [0, 0.05) is 18.0 Å². The number of nitrogens with zero attached hydrogens (tertiary/aromatic N) is 3. The number of aromatic nitrogens is 1. The first-order chi connectivity index (χ1) is 12.4. The van der Waals surface area contributed by atoms with Crippen LogP contribution >= 0.6 is 0 Å². The van der Waals surface area contributed by atoms with Crippen molar-refractivity contribution in [2.24, 2.45) is 4.99 Å². The molecule has 0 saturated heterocycles. The molecule has 0 radical (unpaired) electrons. The Kier molecular flexibility index (Phi) is 5.30. The molecule has 0 unspecified atom stereocenters. The van der Waals surface area contributed by atoms with Crippen LogP contribution in [-0.2, 0) is 0 Å². The number of hydrogen-bond donors (Lipinski definition) is 0. The van der Waals surface area contributed by atoms with Crippen LogP contribution in [0.4, 0.5) is 11.5 Å². The highest BCUT2D eigenvalue weighted by Crippen LogP contribution is 2.38. The predicted molar refractivity (Wildman–Crippen MR) is 109 cm³/mol. The summed E-state index contributed by atoms with van der Waals surface area (Å²) in [6.07, 6.45) is 4.11. The van der Waals surface area contributed by atoms with Gasteiger partial charge < -0.3 is 9.64 Å². The summed E-state index contributed by atoms with van der Waals surface area (Å²) in [5, 5.41) is 0. The lowest BCUT2D eigenvalue weighted by molar-refractivity contribution is 0.192. The highest BCUT2D eigenvalue weighted by Gasteiger charge is 2.24. The van der Waals surface area contributed by atoms with E-state index in [9.17, 15) is 0 Å². The molecule has 0 spiro atoms. The van der Waals surface area contributed by atoms with Gasteiger partial charge in [0.2, 0.25) is 0 Å². The minimum Gasteiger partial charge on any atom is -0.490 e. The van der Waals surface area contributed by atoms with Crippen molar-refractivity contribution < 1.29 is 4.74 Å². The molecule has 0 aliphatic carbocycles. The fraction of sp³-hybridized carbons (Fsp3) is 0.455. The van der Waals surface area contributed by atoms with Crippen LogP contribution in [0.1, 0.15) is 54.6 Å². The zero-order valence-electron chi connectivity index (χ0n) is 16.8. The molecule has 0 amide bonds. The normalized spacial score (nSPS) is 13.3. The van der Waals surface area contributed by atoms with E-state index in [0.29, 0.717) is 6.67 Å². The van der Waals surface area contributed by atoms with Crippen molar-refractivity contribution in [1.29, 1.82) is 0 Å². The Morgan fingerprint density at radius 2 is 1.69 bits per heavy atom. The number of anilines is 2. The van der Waals surface area contributed by atoms with E-state index in [-0.39, 0.29) is 6.10 Å². The number of fused-ring (bicyclic) bond motifs is 1. The topological polar surface area (TPSA) is 37.7 Å². The monoisotopic (exact) mass is 351 g/mol. The van der Waals surface area contributed by atoms with Gasteiger partial charge in [0.15, 0.2) is 0 Å².